The van der Waals surface area contributed by atoms with Crippen LogP contribution in [0.2, 0.25) is 0 Å². The van der Waals surface area contributed by atoms with Crippen LogP contribution in [0.1, 0.15) is 13.8 Å². The third-order valence-electron chi connectivity index (χ3n) is 1.87. The summed E-state index contributed by atoms with van der Waals surface area (Å²) in [7, 11) is 4.13. The summed E-state index contributed by atoms with van der Waals surface area (Å²) in [5.41, 5.74) is 2.76. The van der Waals surface area contributed by atoms with Gasteiger partial charge in [-0.05, 0) is 27.9 Å². The molecule has 0 fully saturated rings. The van der Waals surface area contributed by atoms with Crippen LogP contribution in [0.15, 0.2) is 23.3 Å². The molecule has 0 aliphatic heterocycles. The fraction of sp³-hybridized carbons (Fsp3) is 0.444. The summed E-state index contributed by atoms with van der Waals surface area (Å²) in [6.45, 7) is 4.28. The van der Waals surface area contributed by atoms with Crippen molar-refractivity contribution in [2.45, 2.75) is 13.8 Å². The SMILES string of the molecule is CC1=C[C](N(C)C)C=C1C.[LiH]. The van der Waals surface area contributed by atoms with E-state index >= 15 is 0 Å². The van der Waals surface area contributed by atoms with Crippen molar-refractivity contribution in [1.29, 1.82) is 0 Å². The first-order valence-corrected chi connectivity index (χ1v) is 3.52. The Labute approximate surface area is 81.3 Å². The van der Waals surface area contributed by atoms with Crippen LogP contribution in [0.3, 0.4) is 0 Å². The molecule has 2 heteroatoms. The van der Waals surface area contributed by atoms with E-state index in [2.05, 4.69) is 45.0 Å². The number of nitrogens with zero attached hydrogens (tertiary/aromatic N) is 1. The average Bonchev–Trinajstić information content (AvgIpc) is 2.13. The van der Waals surface area contributed by atoms with Crippen LogP contribution in [0, 0.1) is 6.04 Å². The van der Waals surface area contributed by atoms with Crippen LogP contribution >= 0.6 is 0 Å². The molecule has 0 unspecified atom stereocenters. The second-order valence-electron chi connectivity index (χ2n) is 2.97. The van der Waals surface area contributed by atoms with Gasteiger partial charge in [0.25, 0.3) is 0 Å². The molecule has 0 aromatic rings. The first kappa shape index (κ1) is 11.0. The monoisotopic (exact) mass is 144 g/mol. The Hall–Kier alpha value is 0.0374. The molecule has 1 aliphatic carbocycles. The second kappa shape index (κ2) is 4.16. The first-order valence-electron chi connectivity index (χ1n) is 3.52. The van der Waals surface area contributed by atoms with Gasteiger partial charge in [0.05, 0.1) is 6.04 Å². The molecule has 0 N–H and O–H groups in total. The molecule has 0 atom stereocenters. The van der Waals surface area contributed by atoms with Crippen molar-refractivity contribution in [3.05, 3.63) is 29.3 Å². The summed E-state index contributed by atoms with van der Waals surface area (Å²) in [6, 6.07) is 1.30. The van der Waals surface area contributed by atoms with Gasteiger partial charge in [-0.15, -0.1) is 0 Å². The van der Waals surface area contributed by atoms with Gasteiger partial charge in [-0.1, -0.05) is 23.3 Å². The molecule has 0 amide bonds. The fourth-order valence-corrected chi connectivity index (χ4v) is 0.971. The van der Waals surface area contributed by atoms with Gasteiger partial charge in [-0.2, -0.15) is 0 Å². The van der Waals surface area contributed by atoms with Crippen molar-refractivity contribution in [2.24, 2.45) is 0 Å². The Morgan fingerprint density at radius 3 is 1.55 bits per heavy atom. The number of rotatable bonds is 1. The second-order valence-corrected chi connectivity index (χ2v) is 2.97. The molecular formula is C9H15LiN. The molecular weight excluding hydrogens is 129 g/mol. The maximum atomic E-state index is 2.20. The number of allylic oxidation sites excluding steroid dienone is 2. The normalized spacial score (nSPS) is 17.9. The number of likely N-dealkylation sites (N-methyl/N-ethyl adjacent to an activating group) is 1. The summed E-state index contributed by atoms with van der Waals surface area (Å²) in [5, 5.41) is 0. The van der Waals surface area contributed by atoms with Gasteiger partial charge >= 0.3 is 18.9 Å². The third-order valence-corrected chi connectivity index (χ3v) is 1.87. The van der Waals surface area contributed by atoms with E-state index in [0.717, 1.165) is 0 Å². The van der Waals surface area contributed by atoms with E-state index in [0.29, 0.717) is 0 Å². The molecule has 1 rings (SSSR count). The molecule has 1 nitrogen and oxygen atoms in total. The molecule has 0 aromatic heterocycles. The van der Waals surface area contributed by atoms with Crippen LogP contribution in [-0.2, 0) is 0 Å². The molecule has 0 heterocycles. The van der Waals surface area contributed by atoms with E-state index in [9.17, 15) is 0 Å². The molecule has 0 aromatic carbocycles. The zero-order chi connectivity index (χ0) is 7.72. The molecule has 1 radical (unpaired) electrons. The third kappa shape index (κ3) is 2.52. The minimum absolute atomic E-state index is 0. The zero-order valence-corrected chi connectivity index (χ0v) is 7.10. The van der Waals surface area contributed by atoms with Gasteiger partial charge in [0.2, 0.25) is 0 Å². The fourth-order valence-electron chi connectivity index (χ4n) is 0.971. The van der Waals surface area contributed by atoms with Crippen LogP contribution in [0.5, 0.6) is 0 Å². The van der Waals surface area contributed by atoms with Gasteiger partial charge in [-0.25, -0.2) is 0 Å². The zero-order valence-electron chi connectivity index (χ0n) is 7.10. The molecule has 0 saturated carbocycles. The summed E-state index contributed by atoms with van der Waals surface area (Å²) in [6.07, 6.45) is 4.41. The van der Waals surface area contributed by atoms with Gasteiger partial charge in [0.15, 0.2) is 0 Å². The molecule has 11 heavy (non-hydrogen) atoms. The predicted molar refractivity (Wildman–Crippen MR) is 51.6 cm³/mol. The Morgan fingerprint density at radius 2 is 1.36 bits per heavy atom. The van der Waals surface area contributed by atoms with E-state index in [1.807, 2.05) is 0 Å². The Bertz CT molecular complexity index is 174. The summed E-state index contributed by atoms with van der Waals surface area (Å²) in [5.74, 6) is 0. The Balaban J connectivity index is 0.000001000. The van der Waals surface area contributed by atoms with Crippen molar-refractivity contribution < 1.29 is 0 Å². The van der Waals surface area contributed by atoms with Crippen LogP contribution in [0.4, 0.5) is 0 Å². The molecule has 57 valence electrons. The van der Waals surface area contributed by atoms with Crippen molar-refractivity contribution in [1.82, 2.24) is 4.90 Å². The van der Waals surface area contributed by atoms with Gasteiger partial charge in [0, 0.05) is 0 Å². The first-order chi connectivity index (χ1) is 4.61. The van der Waals surface area contributed by atoms with Gasteiger partial charge < -0.3 is 0 Å². The van der Waals surface area contributed by atoms with E-state index < -0.39 is 0 Å². The van der Waals surface area contributed by atoms with Crippen LogP contribution in [-0.4, -0.2) is 37.9 Å². The Morgan fingerprint density at radius 1 is 1.00 bits per heavy atom. The minimum atomic E-state index is 0. The molecule has 0 saturated heterocycles. The van der Waals surface area contributed by atoms with E-state index in [4.69, 9.17) is 0 Å². The topological polar surface area (TPSA) is 3.24 Å². The standard InChI is InChI=1S/C9H14N.Li.H/c1-7-5-9(10(3)4)6-8(7)2;;/h5-6H,1-4H3;;. The van der Waals surface area contributed by atoms with Crippen molar-refractivity contribution in [3.8, 4) is 0 Å². The quantitative estimate of drug-likeness (QED) is 0.502. The van der Waals surface area contributed by atoms with Crippen molar-refractivity contribution in [3.63, 3.8) is 0 Å². The van der Waals surface area contributed by atoms with Gasteiger partial charge in [0.1, 0.15) is 0 Å². The number of hydrogen-bond donors (Lipinski definition) is 0. The summed E-state index contributed by atoms with van der Waals surface area (Å²) < 4.78 is 0. The summed E-state index contributed by atoms with van der Waals surface area (Å²) >= 11 is 0. The van der Waals surface area contributed by atoms with Crippen LogP contribution < -0.4 is 0 Å². The maximum absolute atomic E-state index is 2.20. The summed E-state index contributed by atoms with van der Waals surface area (Å²) in [4.78, 5) is 2.12. The van der Waals surface area contributed by atoms with Crippen molar-refractivity contribution >= 4 is 18.9 Å². The van der Waals surface area contributed by atoms with Crippen LogP contribution in [0.25, 0.3) is 0 Å². The average molecular weight is 144 g/mol. The molecule has 0 bridgehead atoms. The van der Waals surface area contributed by atoms with E-state index in [-0.39, 0.29) is 18.9 Å². The number of hydrogen-bond acceptors (Lipinski definition) is 1. The van der Waals surface area contributed by atoms with Gasteiger partial charge in [-0.3, -0.25) is 4.90 Å². The molecule has 1 aliphatic rings. The molecule has 0 spiro atoms. The van der Waals surface area contributed by atoms with Crippen molar-refractivity contribution in [2.75, 3.05) is 14.1 Å². The van der Waals surface area contributed by atoms with E-state index in [1.165, 1.54) is 17.2 Å². The van der Waals surface area contributed by atoms with E-state index in [1.54, 1.807) is 0 Å². The predicted octanol–water partition coefficient (Wildman–Crippen LogP) is 1.34. The Kier molecular flexibility index (Phi) is 4.17.